The van der Waals surface area contributed by atoms with Crippen LogP contribution in [0.3, 0.4) is 0 Å². The van der Waals surface area contributed by atoms with Gasteiger partial charge in [0.2, 0.25) is 0 Å². The quantitative estimate of drug-likeness (QED) is 0.176. The summed E-state index contributed by atoms with van der Waals surface area (Å²) in [5.74, 6) is 0. The van der Waals surface area contributed by atoms with Crippen LogP contribution in [-0.4, -0.2) is 6.71 Å². The van der Waals surface area contributed by atoms with Crippen molar-refractivity contribution in [2.75, 3.05) is 14.7 Å². The van der Waals surface area contributed by atoms with E-state index < -0.39 is 0 Å². The Bertz CT molecular complexity index is 2330. The monoisotopic (exact) mass is 645 g/mol. The average molecular weight is 646 g/mol. The summed E-state index contributed by atoms with van der Waals surface area (Å²) in [6.45, 7) is 2.32. The molecule has 0 N–H and O–H groups in total. The first kappa shape index (κ1) is 28.4. The van der Waals surface area contributed by atoms with E-state index in [2.05, 4.69) is 185 Å². The predicted molar refractivity (Wildman–Crippen MR) is 209 cm³/mol. The number of hydrogen-bond acceptors (Lipinski definition) is 4. The second kappa shape index (κ2) is 11.2. The second-order valence-electron chi connectivity index (χ2n) is 12.9. The minimum Gasteiger partial charge on any atom is -0.311 e. The van der Waals surface area contributed by atoms with E-state index >= 15 is 0 Å². The third-order valence-electron chi connectivity index (χ3n) is 10.1. The number of rotatable bonds is 4. The third kappa shape index (κ3) is 4.32. The van der Waals surface area contributed by atoms with Gasteiger partial charge in [0.15, 0.2) is 0 Å². The number of benzene rings is 7. The number of para-hydroxylation sites is 5. The van der Waals surface area contributed by atoms with E-state index in [0.717, 1.165) is 6.42 Å². The Morgan fingerprint density at radius 1 is 0.429 bits per heavy atom. The Hall–Kier alpha value is -5.65. The number of aryl methyl sites for hydroxylation is 1. The minimum absolute atomic E-state index is 0.0617. The van der Waals surface area contributed by atoms with Crippen LogP contribution in [0.25, 0.3) is 0 Å². The molecule has 0 unspecified atom stereocenters. The fourth-order valence-electron chi connectivity index (χ4n) is 8.03. The van der Waals surface area contributed by atoms with E-state index in [4.69, 9.17) is 0 Å². The first-order valence-electron chi connectivity index (χ1n) is 17.0. The van der Waals surface area contributed by atoms with Gasteiger partial charge in [-0.05, 0) is 113 Å². The molecule has 3 aliphatic rings. The second-order valence-corrected chi connectivity index (χ2v) is 13.9. The highest BCUT2D eigenvalue weighted by Crippen LogP contribution is 2.52. The smallest absolute Gasteiger partial charge is 0.252 e. The summed E-state index contributed by atoms with van der Waals surface area (Å²) in [5.41, 5.74) is 16.2. The van der Waals surface area contributed by atoms with Crippen molar-refractivity contribution in [2.24, 2.45) is 0 Å². The maximum absolute atomic E-state index is 2.50. The summed E-state index contributed by atoms with van der Waals surface area (Å²) in [6.07, 6.45) is 0.954. The maximum Gasteiger partial charge on any atom is 0.252 e. The first-order valence-corrected chi connectivity index (χ1v) is 17.9. The molecule has 3 heterocycles. The van der Waals surface area contributed by atoms with Gasteiger partial charge in [-0.2, -0.15) is 0 Å². The molecular formula is C44H32BN3S. The molecule has 3 aliphatic heterocycles. The fourth-order valence-corrected chi connectivity index (χ4v) is 9.09. The summed E-state index contributed by atoms with van der Waals surface area (Å²) in [7, 11) is 0. The zero-order valence-electron chi connectivity index (χ0n) is 27.1. The van der Waals surface area contributed by atoms with Gasteiger partial charge in [0.25, 0.3) is 6.71 Å². The molecular weight excluding hydrogens is 613 g/mol. The van der Waals surface area contributed by atoms with Gasteiger partial charge in [0.1, 0.15) is 0 Å². The van der Waals surface area contributed by atoms with E-state index in [0.29, 0.717) is 0 Å². The van der Waals surface area contributed by atoms with E-state index in [1.807, 2.05) is 11.8 Å². The van der Waals surface area contributed by atoms with Gasteiger partial charge < -0.3 is 14.7 Å². The summed E-state index contributed by atoms with van der Waals surface area (Å²) in [6, 6.07) is 60.3. The summed E-state index contributed by atoms with van der Waals surface area (Å²) in [5, 5.41) is 0. The summed E-state index contributed by atoms with van der Waals surface area (Å²) in [4.78, 5) is 9.97. The minimum atomic E-state index is 0.0617. The number of hydrogen-bond donors (Lipinski definition) is 0. The highest BCUT2D eigenvalue weighted by molar-refractivity contribution is 7.99. The van der Waals surface area contributed by atoms with Crippen molar-refractivity contribution in [3.8, 4) is 0 Å². The molecule has 3 nitrogen and oxygen atoms in total. The lowest BCUT2D eigenvalue weighted by Crippen LogP contribution is -2.61. The van der Waals surface area contributed by atoms with Crippen molar-refractivity contribution in [1.82, 2.24) is 0 Å². The van der Waals surface area contributed by atoms with Crippen molar-refractivity contribution in [3.63, 3.8) is 0 Å². The predicted octanol–water partition coefficient (Wildman–Crippen LogP) is 10.3. The van der Waals surface area contributed by atoms with Gasteiger partial charge >= 0.3 is 0 Å². The SMILES string of the molecule is CCc1cc2c3c(c1)N(c1ccccc1)c1ccc(N4c5ccccc5Sc5ccccc54)cc1B3c1ccccc1N2c1ccccc1. The molecule has 0 saturated heterocycles. The fraction of sp³-hybridized carbons (Fsp3) is 0.0455. The topological polar surface area (TPSA) is 9.72 Å². The standard InChI is InChI=1S/C44H32BN3S/c1-2-30-27-40-44-41(28-30)47(32-17-7-4-8-18-32)37-26-25-33(48-38-21-11-13-23-42(38)49-43-24-14-12-22-39(43)48)29-35(37)45(44)34-19-9-10-20-36(34)46(40)31-15-5-3-6-16-31/h3-29H,2H2,1H3. The van der Waals surface area contributed by atoms with Crippen LogP contribution in [0.2, 0.25) is 0 Å². The zero-order chi connectivity index (χ0) is 32.5. The highest BCUT2D eigenvalue weighted by atomic mass is 32.2. The number of anilines is 9. The Balaban J connectivity index is 1.28. The van der Waals surface area contributed by atoms with E-state index in [9.17, 15) is 0 Å². The van der Waals surface area contributed by atoms with E-state index in [1.54, 1.807) is 0 Å². The van der Waals surface area contributed by atoms with Crippen LogP contribution in [0.4, 0.5) is 51.2 Å². The van der Waals surface area contributed by atoms with Crippen LogP contribution in [0, 0.1) is 0 Å². The number of nitrogens with zero attached hydrogens (tertiary/aromatic N) is 3. The van der Waals surface area contributed by atoms with Crippen molar-refractivity contribution < 1.29 is 0 Å². The third-order valence-corrected chi connectivity index (χ3v) is 11.3. The molecule has 0 radical (unpaired) electrons. The molecule has 0 atom stereocenters. The first-order chi connectivity index (χ1) is 24.3. The number of fused-ring (bicyclic) bond motifs is 6. The Morgan fingerprint density at radius 2 is 0.918 bits per heavy atom. The van der Waals surface area contributed by atoms with Crippen LogP contribution in [0.5, 0.6) is 0 Å². The van der Waals surface area contributed by atoms with E-state index in [-0.39, 0.29) is 6.71 Å². The highest BCUT2D eigenvalue weighted by Gasteiger charge is 2.43. The van der Waals surface area contributed by atoms with Crippen molar-refractivity contribution in [1.29, 1.82) is 0 Å². The van der Waals surface area contributed by atoms with Gasteiger partial charge in [0.05, 0.1) is 11.4 Å². The van der Waals surface area contributed by atoms with Gasteiger partial charge in [0, 0.05) is 49.6 Å². The Morgan fingerprint density at radius 3 is 1.51 bits per heavy atom. The zero-order valence-corrected chi connectivity index (χ0v) is 27.9. The molecule has 0 bridgehead atoms. The molecule has 7 aromatic rings. The molecule has 232 valence electrons. The largest absolute Gasteiger partial charge is 0.311 e. The normalized spacial score (nSPS) is 13.7. The molecule has 7 aromatic carbocycles. The van der Waals surface area contributed by atoms with Crippen LogP contribution in [0.1, 0.15) is 12.5 Å². The summed E-state index contributed by atoms with van der Waals surface area (Å²) < 4.78 is 0. The molecule has 0 aromatic heterocycles. The van der Waals surface area contributed by atoms with Gasteiger partial charge in [-0.15, -0.1) is 0 Å². The lowest BCUT2D eigenvalue weighted by Gasteiger charge is -2.45. The molecule has 0 amide bonds. The van der Waals surface area contributed by atoms with Crippen molar-refractivity contribution in [3.05, 3.63) is 169 Å². The molecule has 10 rings (SSSR count). The van der Waals surface area contributed by atoms with Crippen LogP contribution in [-0.2, 0) is 6.42 Å². The molecule has 0 spiro atoms. The molecule has 5 heteroatoms. The van der Waals surface area contributed by atoms with Crippen molar-refractivity contribution in [2.45, 2.75) is 23.1 Å². The van der Waals surface area contributed by atoms with Crippen LogP contribution < -0.4 is 31.1 Å². The molecule has 0 fully saturated rings. The summed E-state index contributed by atoms with van der Waals surface area (Å²) >= 11 is 1.85. The van der Waals surface area contributed by atoms with Gasteiger partial charge in [-0.3, -0.25) is 0 Å². The Kier molecular flexibility index (Phi) is 6.50. The lowest BCUT2D eigenvalue weighted by atomic mass is 9.33. The molecule has 0 aliphatic carbocycles. The lowest BCUT2D eigenvalue weighted by molar-refractivity contribution is 1.12. The maximum atomic E-state index is 2.50. The average Bonchev–Trinajstić information content (AvgIpc) is 3.17. The molecule has 0 saturated carbocycles. The van der Waals surface area contributed by atoms with Crippen LogP contribution in [0.15, 0.2) is 174 Å². The van der Waals surface area contributed by atoms with E-state index in [1.165, 1.54) is 82.9 Å². The molecule has 49 heavy (non-hydrogen) atoms. The van der Waals surface area contributed by atoms with Gasteiger partial charge in [-0.25, -0.2) is 0 Å². The Labute approximate surface area is 292 Å². The van der Waals surface area contributed by atoms with Crippen molar-refractivity contribution >= 4 is 86.0 Å². The van der Waals surface area contributed by atoms with Crippen LogP contribution >= 0.6 is 11.8 Å². The van der Waals surface area contributed by atoms with Gasteiger partial charge in [-0.1, -0.05) is 97.5 Å².